The summed E-state index contributed by atoms with van der Waals surface area (Å²) in [5, 5.41) is 20.8. The topological polar surface area (TPSA) is 91.7 Å². The van der Waals surface area contributed by atoms with E-state index in [9.17, 15) is 24.6 Å². The van der Waals surface area contributed by atoms with Gasteiger partial charge in [-0.15, -0.1) is 0 Å². The molecule has 152 valence electrons. The van der Waals surface area contributed by atoms with E-state index >= 15 is 4.39 Å². The summed E-state index contributed by atoms with van der Waals surface area (Å²) in [4.78, 5) is 37.7. The lowest BCUT2D eigenvalue weighted by Gasteiger charge is -2.57. The van der Waals surface area contributed by atoms with Gasteiger partial charge in [-0.25, -0.2) is 4.39 Å². The minimum atomic E-state index is -1.80. The fraction of sp³-hybridized carbons (Fsp3) is 0.682. The molecule has 8 atom stereocenters. The maximum absolute atomic E-state index is 15.2. The first-order chi connectivity index (χ1) is 13.0. The number of allylic oxidation sites excluding steroid dienone is 4. The Morgan fingerprint density at radius 2 is 1.96 bits per heavy atom. The van der Waals surface area contributed by atoms with E-state index in [0.29, 0.717) is 12.0 Å². The predicted octanol–water partition coefficient (Wildman–Crippen LogP) is 1.96. The summed E-state index contributed by atoms with van der Waals surface area (Å²) >= 11 is 0. The lowest BCUT2D eigenvalue weighted by molar-refractivity contribution is -0.174. The molecule has 5 nitrogen and oxygen atoms in total. The number of hydrogen-bond donors (Lipinski definition) is 2. The molecule has 0 spiro atoms. The van der Waals surface area contributed by atoms with Gasteiger partial charge in [0, 0.05) is 23.2 Å². The van der Waals surface area contributed by atoms with Gasteiger partial charge in [0.2, 0.25) is 0 Å². The second-order valence-corrected chi connectivity index (χ2v) is 9.61. The van der Waals surface area contributed by atoms with Gasteiger partial charge in [-0.2, -0.15) is 0 Å². The van der Waals surface area contributed by atoms with Crippen molar-refractivity contribution in [2.24, 2.45) is 34.5 Å². The lowest BCUT2D eigenvalue weighted by atomic mass is 9.46. The van der Waals surface area contributed by atoms with Crippen molar-refractivity contribution in [3.05, 3.63) is 23.8 Å². The SMILES string of the molecule is C[C@@H]1C[C@H]2[C@@H]3C[C@H](F)C4=CC(=O)C=C[C@]4(C)[C@H]3C(=O)C[C@]2(C)[C@@]1(O)C(=O)CO. The largest absolute Gasteiger partial charge is 0.388 e. The molecule has 0 aliphatic heterocycles. The molecule has 0 bridgehead atoms. The highest BCUT2D eigenvalue weighted by Gasteiger charge is 2.71. The third-order valence-electron chi connectivity index (χ3n) is 8.39. The molecular weight excluding hydrogens is 363 g/mol. The first-order valence-electron chi connectivity index (χ1n) is 9.99. The van der Waals surface area contributed by atoms with Crippen LogP contribution in [0.15, 0.2) is 23.8 Å². The van der Waals surface area contributed by atoms with E-state index in [1.807, 2.05) is 6.92 Å². The van der Waals surface area contributed by atoms with E-state index in [1.165, 1.54) is 12.2 Å². The number of aliphatic hydroxyl groups is 2. The molecule has 4 rings (SSSR count). The number of alkyl halides is 1. The third kappa shape index (κ3) is 2.16. The highest BCUT2D eigenvalue weighted by atomic mass is 19.1. The summed E-state index contributed by atoms with van der Waals surface area (Å²) < 4.78 is 15.2. The van der Waals surface area contributed by atoms with E-state index < -0.39 is 46.8 Å². The van der Waals surface area contributed by atoms with Gasteiger partial charge in [-0.05, 0) is 48.3 Å². The normalized spacial score (nSPS) is 49.9. The van der Waals surface area contributed by atoms with Crippen LogP contribution >= 0.6 is 0 Å². The van der Waals surface area contributed by atoms with Crippen LogP contribution in [0.3, 0.4) is 0 Å². The Labute approximate surface area is 163 Å². The number of halogens is 1. The van der Waals surface area contributed by atoms with Crippen LogP contribution in [0.5, 0.6) is 0 Å². The zero-order valence-corrected chi connectivity index (χ0v) is 16.4. The Hall–Kier alpha value is -1.66. The average Bonchev–Trinajstić information content (AvgIpc) is 2.83. The molecule has 0 aromatic rings. The molecule has 0 amide bonds. The fourth-order valence-electron chi connectivity index (χ4n) is 7.09. The van der Waals surface area contributed by atoms with Crippen LogP contribution in [0, 0.1) is 34.5 Å². The Morgan fingerprint density at radius 3 is 2.61 bits per heavy atom. The highest BCUT2D eigenvalue weighted by molar-refractivity contribution is 6.02. The van der Waals surface area contributed by atoms with Gasteiger partial charge in [0.1, 0.15) is 24.2 Å². The van der Waals surface area contributed by atoms with Crippen molar-refractivity contribution in [3.63, 3.8) is 0 Å². The molecule has 2 N–H and O–H groups in total. The lowest BCUT2D eigenvalue weighted by Crippen LogP contribution is -2.62. The van der Waals surface area contributed by atoms with Crippen LogP contribution in [0.2, 0.25) is 0 Å². The smallest absolute Gasteiger partial charge is 0.190 e. The summed E-state index contributed by atoms with van der Waals surface area (Å²) in [7, 11) is 0. The Kier molecular flexibility index (Phi) is 4.16. The van der Waals surface area contributed by atoms with Gasteiger partial charge in [-0.1, -0.05) is 26.8 Å². The van der Waals surface area contributed by atoms with Gasteiger partial charge >= 0.3 is 0 Å². The Bertz CT molecular complexity index is 831. The maximum atomic E-state index is 15.2. The molecule has 0 unspecified atom stereocenters. The molecular formula is C22H27FO5. The molecule has 3 fully saturated rings. The first kappa shape index (κ1) is 19.6. The van der Waals surface area contributed by atoms with Crippen molar-refractivity contribution < 1.29 is 29.0 Å². The molecule has 0 aromatic carbocycles. The number of rotatable bonds is 2. The molecule has 0 aromatic heterocycles. The zero-order chi connectivity index (χ0) is 20.6. The van der Waals surface area contributed by atoms with E-state index in [1.54, 1.807) is 19.9 Å². The molecule has 4 aliphatic carbocycles. The van der Waals surface area contributed by atoms with Crippen LogP contribution in [-0.4, -0.2) is 45.9 Å². The van der Waals surface area contributed by atoms with Crippen molar-refractivity contribution in [2.45, 2.75) is 51.8 Å². The van der Waals surface area contributed by atoms with Gasteiger partial charge in [-0.3, -0.25) is 14.4 Å². The van der Waals surface area contributed by atoms with Crippen LogP contribution in [0.1, 0.15) is 40.0 Å². The van der Waals surface area contributed by atoms with Crippen molar-refractivity contribution in [2.75, 3.05) is 6.61 Å². The third-order valence-corrected chi connectivity index (χ3v) is 8.39. The molecule has 3 saturated carbocycles. The quantitative estimate of drug-likeness (QED) is 0.752. The molecule has 4 aliphatic rings. The summed E-state index contributed by atoms with van der Waals surface area (Å²) in [6.07, 6.45) is 3.67. The standard InChI is InChI=1S/C22H27FO5/c1-11-6-14-13-8-16(23)15-7-12(25)4-5-20(15,2)19(13)17(26)9-21(14,3)22(11,28)18(27)10-24/h4-5,7,11,13-14,16,19,24,28H,6,8-10H2,1-3H3/t11-,13+,14+,16+,19-,20+,21+,22+/m1/s1. The monoisotopic (exact) mass is 390 g/mol. The predicted molar refractivity (Wildman–Crippen MR) is 98.9 cm³/mol. The highest BCUT2D eigenvalue weighted by Crippen LogP contribution is 2.67. The Balaban J connectivity index is 1.82. The molecule has 6 heteroatoms. The maximum Gasteiger partial charge on any atom is 0.190 e. The zero-order valence-electron chi connectivity index (χ0n) is 16.4. The van der Waals surface area contributed by atoms with E-state index in [4.69, 9.17) is 0 Å². The molecule has 28 heavy (non-hydrogen) atoms. The van der Waals surface area contributed by atoms with E-state index in [-0.39, 0.29) is 36.2 Å². The Morgan fingerprint density at radius 1 is 1.29 bits per heavy atom. The number of carbonyl (C=O) groups is 3. The van der Waals surface area contributed by atoms with Crippen molar-refractivity contribution in [3.8, 4) is 0 Å². The number of fused-ring (bicyclic) bond motifs is 5. The molecule has 0 heterocycles. The van der Waals surface area contributed by atoms with Crippen molar-refractivity contribution >= 4 is 17.3 Å². The number of aliphatic hydroxyl groups excluding tert-OH is 1. The summed E-state index contributed by atoms with van der Waals surface area (Å²) in [5.41, 5.74) is -3.32. The fourth-order valence-corrected chi connectivity index (χ4v) is 7.09. The van der Waals surface area contributed by atoms with Crippen molar-refractivity contribution in [1.82, 2.24) is 0 Å². The van der Waals surface area contributed by atoms with Crippen LogP contribution in [-0.2, 0) is 14.4 Å². The summed E-state index contributed by atoms with van der Waals surface area (Å²) in [5.74, 6) is -2.50. The van der Waals surface area contributed by atoms with Gasteiger partial charge in [0.25, 0.3) is 0 Å². The van der Waals surface area contributed by atoms with E-state index in [0.717, 1.165) is 0 Å². The second-order valence-electron chi connectivity index (χ2n) is 9.61. The number of ketones is 3. The van der Waals surface area contributed by atoms with Crippen LogP contribution in [0.4, 0.5) is 4.39 Å². The van der Waals surface area contributed by atoms with Gasteiger partial charge < -0.3 is 10.2 Å². The average molecular weight is 390 g/mol. The first-order valence-corrected chi connectivity index (χ1v) is 9.99. The van der Waals surface area contributed by atoms with Crippen LogP contribution in [0.25, 0.3) is 0 Å². The van der Waals surface area contributed by atoms with Crippen molar-refractivity contribution in [1.29, 1.82) is 0 Å². The van der Waals surface area contributed by atoms with Gasteiger partial charge in [0.05, 0.1) is 0 Å². The number of hydrogen-bond acceptors (Lipinski definition) is 5. The number of Topliss-reactive ketones (excluding diaryl/α,β-unsaturated/α-hetero) is 2. The summed E-state index contributed by atoms with van der Waals surface area (Å²) in [6.45, 7) is 4.53. The summed E-state index contributed by atoms with van der Waals surface area (Å²) in [6, 6.07) is 0. The molecule has 0 radical (unpaired) electrons. The number of carbonyl (C=O) groups excluding carboxylic acids is 3. The second kappa shape index (κ2) is 5.92. The van der Waals surface area contributed by atoms with Crippen LogP contribution < -0.4 is 0 Å². The molecule has 0 saturated heterocycles. The minimum absolute atomic E-state index is 0.00697. The van der Waals surface area contributed by atoms with Gasteiger partial charge in [0.15, 0.2) is 11.6 Å². The minimum Gasteiger partial charge on any atom is -0.388 e. The van der Waals surface area contributed by atoms with E-state index in [2.05, 4.69) is 0 Å².